The summed E-state index contributed by atoms with van der Waals surface area (Å²) in [6.07, 6.45) is 1.79. The van der Waals surface area contributed by atoms with Crippen LogP contribution in [-0.2, 0) is 4.79 Å². The standard InChI is InChI=1S/C12H15ClO/c1-3-4-11(12(13)14)10-7-5-9(2)6-8-10/h5-8,11H,3-4H2,1-2H3. The summed E-state index contributed by atoms with van der Waals surface area (Å²) in [5.74, 6) is -0.137. The second-order valence-electron chi connectivity index (χ2n) is 3.56. The molecular weight excluding hydrogens is 196 g/mol. The highest BCUT2D eigenvalue weighted by Gasteiger charge is 2.16. The van der Waals surface area contributed by atoms with Crippen LogP contribution >= 0.6 is 11.6 Å². The summed E-state index contributed by atoms with van der Waals surface area (Å²) in [5, 5.41) is -0.254. The Morgan fingerprint density at radius 1 is 1.36 bits per heavy atom. The lowest BCUT2D eigenvalue weighted by atomic mass is 9.95. The molecule has 1 aromatic rings. The van der Waals surface area contributed by atoms with Crippen molar-refractivity contribution in [3.8, 4) is 0 Å². The van der Waals surface area contributed by atoms with Crippen LogP contribution in [0.25, 0.3) is 0 Å². The van der Waals surface area contributed by atoms with Crippen molar-refractivity contribution in [3.05, 3.63) is 35.4 Å². The van der Waals surface area contributed by atoms with Crippen LogP contribution in [0, 0.1) is 6.92 Å². The lowest BCUT2D eigenvalue weighted by Crippen LogP contribution is -2.06. The van der Waals surface area contributed by atoms with E-state index in [0.717, 1.165) is 18.4 Å². The summed E-state index contributed by atoms with van der Waals surface area (Å²) < 4.78 is 0. The number of halogens is 1. The molecule has 0 aliphatic heterocycles. The molecule has 0 fully saturated rings. The molecule has 1 rings (SSSR count). The minimum atomic E-state index is -0.254. The Kier molecular flexibility index (Phi) is 4.15. The Morgan fingerprint density at radius 2 is 1.93 bits per heavy atom. The van der Waals surface area contributed by atoms with Crippen molar-refractivity contribution in [2.45, 2.75) is 32.6 Å². The van der Waals surface area contributed by atoms with Crippen molar-refractivity contribution in [1.82, 2.24) is 0 Å². The molecule has 0 aromatic heterocycles. The van der Waals surface area contributed by atoms with E-state index in [0.29, 0.717) is 0 Å². The van der Waals surface area contributed by atoms with Crippen LogP contribution in [0.15, 0.2) is 24.3 Å². The zero-order valence-corrected chi connectivity index (χ0v) is 9.34. The summed E-state index contributed by atoms with van der Waals surface area (Å²) in [4.78, 5) is 11.2. The fourth-order valence-electron chi connectivity index (χ4n) is 1.50. The molecule has 1 nitrogen and oxygen atoms in total. The number of benzene rings is 1. The molecular formula is C12H15ClO. The molecule has 14 heavy (non-hydrogen) atoms. The third kappa shape index (κ3) is 2.85. The van der Waals surface area contributed by atoms with Crippen LogP contribution in [-0.4, -0.2) is 5.24 Å². The molecule has 0 aliphatic rings. The van der Waals surface area contributed by atoms with Crippen LogP contribution < -0.4 is 0 Å². The first-order valence-electron chi connectivity index (χ1n) is 4.91. The molecule has 1 unspecified atom stereocenters. The fraction of sp³-hybridized carbons (Fsp3) is 0.417. The van der Waals surface area contributed by atoms with Crippen molar-refractivity contribution in [3.63, 3.8) is 0 Å². The zero-order valence-electron chi connectivity index (χ0n) is 8.59. The van der Waals surface area contributed by atoms with Gasteiger partial charge < -0.3 is 0 Å². The highest BCUT2D eigenvalue weighted by atomic mass is 35.5. The predicted octanol–water partition coefficient (Wildman–Crippen LogP) is 3.64. The number of aryl methyl sites for hydroxylation is 1. The number of rotatable bonds is 4. The van der Waals surface area contributed by atoms with Gasteiger partial charge in [0.15, 0.2) is 0 Å². The number of carbonyl (C=O) groups is 1. The Bertz CT molecular complexity index is 303. The van der Waals surface area contributed by atoms with E-state index in [4.69, 9.17) is 11.6 Å². The van der Waals surface area contributed by atoms with Crippen LogP contribution in [0.3, 0.4) is 0 Å². The molecule has 0 radical (unpaired) electrons. The lowest BCUT2D eigenvalue weighted by molar-refractivity contribution is -0.113. The highest BCUT2D eigenvalue weighted by molar-refractivity contribution is 6.64. The topological polar surface area (TPSA) is 17.1 Å². The highest BCUT2D eigenvalue weighted by Crippen LogP contribution is 2.24. The van der Waals surface area contributed by atoms with E-state index >= 15 is 0 Å². The average Bonchev–Trinajstić information content (AvgIpc) is 2.15. The van der Waals surface area contributed by atoms with Gasteiger partial charge >= 0.3 is 0 Å². The van der Waals surface area contributed by atoms with Crippen molar-refractivity contribution in [2.24, 2.45) is 0 Å². The maximum atomic E-state index is 11.2. The monoisotopic (exact) mass is 210 g/mol. The summed E-state index contributed by atoms with van der Waals surface area (Å²) in [6, 6.07) is 7.99. The van der Waals surface area contributed by atoms with Crippen molar-refractivity contribution < 1.29 is 4.79 Å². The van der Waals surface area contributed by atoms with Crippen LogP contribution in [0.2, 0.25) is 0 Å². The molecule has 2 heteroatoms. The van der Waals surface area contributed by atoms with Crippen molar-refractivity contribution >= 4 is 16.8 Å². The molecule has 0 bridgehead atoms. The van der Waals surface area contributed by atoms with Gasteiger partial charge in [0.2, 0.25) is 5.24 Å². The average molecular weight is 211 g/mol. The van der Waals surface area contributed by atoms with Crippen LogP contribution in [0.1, 0.15) is 36.8 Å². The summed E-state index contributed by atoms with van der Waals surface area (Å²) >= 11 is 5.56. The van der Waals surface area contributed by atoms with Gasteiger partial charge in [-0.05, 0) is 30.5 Å². The molecule has 76 valence electrons. The van der Waals surface area contributed by atoms with Gasteiger partial charge in [-0.1, -0.05) is 43.2 Å². The van der Waals surface area contributed by atoms with Gasteiger partial charge in [-0.25, -0.2) is 0 Å². The summed E-state index contributed by atoms with van der Waals surface area (Å²) in [5.41, 5.74) is 2.23. The Morgan fingerprint density at radius 3 is 2.36 bits per heavy atom. The SMILES string of the molecule is CCCC(C(=O)Cl)c1ccc(C)cc1. The van der Waals surface area contributed by atoms with Crippen molar-refractivity contribution in [2.75, 3.05) is 0 Å². The van der Waals surface area contributed by atoms with Crippen LogP contribution in [0.4, 0.5) is 0 Å². The van der Waals surface area contributed by atoms with E-state index in [1.165, 1.54) is 5.56 Å². The van der Waals surface area contributed by atoms with Gasteiger partial charge in [-0.2, -0.15) is 0 Å². The quantitative estimate of drug-likeness (QED) is 0.694. The molecule has 0 aliphatic carbocycles. The van der Waals surface area contributed by atoms with Gasteiger partial charge in [0.1, 0.15) is 0 Å². The van der Waals surface area contributed by atoms with Gasteiger partial charge in [0.05, 0.1) is 5.92 Å². The van der Waals surface area contributed by atoms with Gasteiger partial charge in [-0.15, -0.1) is 0 Å². The molecule has 0 spiro atoms. The minimum absolute atomic E-state index is 0.137. The molecule has 0 N–H and O–H groups in total. The van der Waals surface area contributed by atoms with E-state index < -0.39 is 0 Å². The number of carbonyl (C=O) groups excluding carboxylic acids is 1. The summed E-state index contributed by atoms with van der Waals surface area (Å²) in [6.45, 7) is 4.09. The molecule has 0 amide bonds. The van der Waals surface area contributed by atoms with E-state index in [-0.39, 0.29) is 11.2 Å². The molecule has 0 heterocycles. The predicted molar refractivity (Wildman–Crippen MR) is 59.7 cm³/mol. The first kappa shape index (κ1) is 11.3. The number of hydrogen-bond donors (Lipinski definition) is 0. The smallest absolute Gasteiger partial charge is 0.229 e. The Labute approximate surface area is 90.1 Å². The molecule has 0 saturated heterocycles. The minimum Gasteiger partial charge on any atom is -0.281 e. The van der Waals surface area contributed by atoms with Crippen LogP contribution in [0.5, 0.6) is 0 Å². The zero-order chi connectivity index (χ0) is 10.6. The van der Waals surface area contributed by atoms with E-state index in [9.17, 15) is 4.79 Å². The molecule has 0 saturated carbocycles. The molecule has 1 atom stereocenters. The first-order chi connectivity index (χ1) is 6.65. The summed E-state index contributed by atoms with van der Waals surface area (Å²) in [7, 11) is 0. The Balaban J connectivity index is 2.87. The first-order valence-corrected chi connectivity index (χ1v) is 5.29. The third-order valence-electron chi connectivity index (χ3n) is 2.33. The van der Waals surface area contributed by atoms with E-state index in [1.807, 2.05) is 31.2 Å². The van der Waals surface area contributed by atoms with E-state index in [2.05, 4.69) is 6.92 Å². The maximum absolute atomic E-state index is 11.2. The normalized spacial score (nSPS) is 12.5. The second kappa shape index (κ2) is 5.16. The van der Waals surface area contributed by atoms with Gasteiger partial charge in [0.25, 0.3) is 0 Å². The second-order valence-corrected chi connectivity index (χ2v) is 3.93. The Hall–Kier alpha value is -0.820. The fourth-order valence-corrected chi connectivity index (χ4v) is 1.73. The third-order valence-corrected chi connectivity index (χ3v) is 2.59. The molecule has 1 aromatic carbocycles. The largest absolute Gasteiger partial charge is 0.281 e. The van der Waals surface area contributed by atoms with Crippen molar-refractivity contribution in [1.29, 1.82) is 0 Å². The van der Waals surface area contributed by atoms with Gasteiger partial charge in [0, 0.05) is 0 Å². The van der Waals surface area contributed by atoms with E-state index in [1.54, 1.807) is 0 Å². The maximum Gasteiger partial charge on any atom is 0.229 e. The van der Waals surface area contributed by atoms with Gasteiger partial charge in [-0.3, -0.25) is 4.79 Å². The number of hydrogen-bond acceptors (Lipinski definition) is 1. The lowest BCUT2D eigenvalue weighted by Gasteiger charge is -2.11.